The Morgan fingerprint density at radius 2 is 1.56 bits per heavy atom. The van der Waals surface area contributed by atoms with Crippen molar-refractivity contribution in [2.45, 2.75) is 52.0 Å². The first-order valence-electron chi connectivity index (χ1n) is 6.60. The molecule has 0 heterocycles. The minimum Gasteiger partial charge on any atom is -0.237 e. The Bertz CT molecular complexity index is 243. The van der Waals surface area contributed by atoms with E-state index in [-0.39, 0.29) is 0 Å². The van der Waals surface area contributed by atoms with Crippen LogP contribution in [0, 0.1) is 0 Å². The van der Waals surface area contributed by atoms with E-state index in [2.05, 4.69) is 42.6 Å². The lowest BCUT2D eigenvalue weighted by Gasteiger charge is -2.02. The molecule has 0 amide bonds. The van der Waals surface area contributed by atoms with Crippen molar-refractivity contribution in [1.82, 2.24) is 5.32 Å². The van der Waals surface area contributed by atoms with Gasteiger partial charge in [0.05, 0.1) is 0 Å². The van der Waals surface area contributed by atoms with E-state index in [1.54, 1.807) is 0 Å². The Kier molecular flexibility index (Phi) is 7.79. The average molecular weight is 218 g/mol. The van der Waals surface area contributed by atoms with Gasteiger partial charge in [0.25, 0.3) is 0 Å². The van der Waals surface area contributed by atoms with Crippen LogP contribution in [0.4, 0.5) is 0 Å². The maximum absolute atomic E-state index is 4.56. The fourth-order valence-corrected chi connectivity index (χ4v) is 1.80. The molecule has 1 heteroatoms. The second-order valence-corrected chi connectivity index (χ2v) is 4.36. The van der Waals surface area contributed by atoms with Gasteiger partial charge in [-0.2, -0.15) is 0 Å². The van der Waals surface area contributed by atoms with Crippen LogP contribution in [0.3, 0.4) is 0 Å². The molecule has 1 rings (SSSR count). The molecule has 0 spiro atoms. The fraction of sp³-hybridized carbons (Fsp3) is 0.600. The predicted octanol–water partition coefficient (Wildman–Crippen LogP) is 4.15. The molecule has 0 saturated heterocycles. The second-order valence-electron chi connectivity index (χ2n) is 4.36. The van der Waals surface area contributed by atoms with Gasteiger partial charge < -0.3 is 0 Å². The van der Waals surface area contributed by atoms with Crippen LogP contribution in [0.25, 0.3) is 0 Å². The molecule has 0 unspecified atom stereocenters. The van der Waals surface area contributed by atoms with Crippen LogP contribution < -0.4 is 5.32 Å². The van der Waals surface area contributed by atoms with Crippen LogP contribution in [-0.4, -0.2) is 6.54 Å². The van der Waals surface area contributed by atoms with Gasteiger partial charge in [-0.15, -0.1) is 0 Å². The zero-order chi connectivity index (χ0) is 11.5. The molecule has 0 aliphatic heterocycles. The summed E-state index contributed by atoms with van der Waals surface area (Å²) in [4.78, 5) is 0. The van der Waals surface area contributed by atoms with Gasteiger partial charge in [0.15, 0.2) is 0 Å². The Hall–Kier alpha value is -0.820. The Balaban J connectivity index is 1.89. The van der Waals surface area contributed by atoms with Gasteiger partial charge in [0.2, 0.25) is 0 Å². The van der Waals surface area contributed by atoms with Crippen molar-refractivity contribution in [3.63, 3.8) is 0 Å². The second kappa shape index (κ2) is 9.41. The fourth-order valence-electron chi connectivity index (χ4n) is 1.80. The van der Waals surface area contributed by atoms with Gasteiger partial charge in [-0.1, -0.05) is 69.4 Å². The summed E-state index contributed by atoms with van der Waals surface area (Å²) >= 11 is 0. The molecule has 1 radical (unpaired) electrons. The van der Waals surface area contributed by atoms with E-state index in [1.165, 1.54) is 44.1 Å². The summed E-state index contributed by atoms with van der Waals surface area (Å²) in [6.07, 6.45) is 8.11. The third-order valence-corrected chi connectivity index (χ3v) is 2.81. The number of unbranched alkanes of at least 4 members (excludes halogenated alkanes) is 5. The van der Waals surface area contributed by atoms with E-state index in [9.17, 15) is 0 Å². The quantitative estimate of drug-likeness (QED) is 0.553. The smallest absolute Gasteiger partial charge is 0.0384 e. The van der Waals surface area contributed by atoms with Crippen LogP contribution in [0.5, 0.6) is 0 Å². The molecular formula is C15H24N. The molecule has 0 fully saturated rings. The number of benzene rings is 1. The maximum atomic E-state index is 4.56. The summed E-state index contributed by atoms with van der Waals surface area (Å²) in [5, 5.41) is 4.56. The summed E-state index contributed by atoms with van der Waals surface area (Å²) in [5.74, 6) is 0. The van der Waals surface area contributed by atoms with Crippen molar-refractivity contribution in [2.75, 3.05) is 6.54 Å². The molecule has 0 bridgehead atoms. The summed E-state index contributed by atoms with van der Waals surface area (Å²) < 4.78 is 0. The topological polar surface area (TPSA) is 14.1 Å². The normalized spacial score (nSPS) is 10.6. The van der Waals surface area contributed by atoms with E-state index >= 15 is 0 Å². The van der Waals surface area contributed by atoms with E-state index in [0.29, 0.717) is 0 Å². The number of nitrogens with zero attached hydrogens (tertiary/aromatic N) is 1. The molecular weight excluding hydrogens is 194 g/mol. The highest BCUT2D eigenvalue weighted by molar-refractivity contribution is 5.14. The Labute approximate surface area is 100 Å². The van der Waals surface area contributed by atoms with Crippen LogP contribution in [-0.2, 0) is 6.54 Å². The van der Waals surface area contributed by atoms with Gasteiger partial charge in [0.1, 0.15) is 0 Å². The molecule has 0 N–H and O–H groups in total. The minimum absolute atomic E-state index is 0.885. The van der Waals surface area contributed by atoms with E-state index < -0.39 is 0 Å². The monoisotopic (exact) mass is 218 g/mol. The van der Waals surface area contributed by atoms with Gasteiger partial charge in [-0.05, 0) is 12.0 Å². The van der Waals surface area contributed by atoms with Crippen LogP contribution in [0.2, 0.25) is 0 Å². The SMILES string of the molecule is CCCCCCCC[N]Cc1ccccc1. The highest BCUT2D eigenvalue weighted by atomic mass is 14.8. The third-order valence-electron chi connectivity index (χ3n) is 2.81. The summed E-state index contributed by atoms with van der Waals surface area (Å²) in [5.41, 5.74) is 1.33. The van der Waals surface area contributed by atoms with Crippen molar-refractivity contribution in [2.24, 2.45) is 0 Å². The number of hydrogen-bond acceptors (Lipinski definition) is 0. The molecule has 1 aromatic rings. The zero-order valence-corrected chi connectivity index (χ0v) is 10.5. The Morgan fingerprint density at radius 1 is 0.875 bits per heavy atom. The molecule has 16 heavy (non-hydrogen) atoms. The van der Waals surface area contributed by atoms with Crippen molar-refractivity contribution in [3.05, 3.63) is 35.9 Å². The predicted molar refractivity (Wildman–Crippen MR) is 70.5 cm³/mol. The lowest BCUT2D eigenvalue weighted by atomic mass is 10.1. The lowest BCUT2D eigenvalue weighted by Crippen LogP contribution is -2.06. The highest BCUT2D eigenvalue weighted by Crippen LogP contribution is 2.04. The number of rotatable bonds is 9. The molecule has 0 aliphatic rings. The van der Waals surface area contributed by atoms with Crippen molar-refractivity contribution in [3.8, 4) is 0 Å². The molecule has 89 valence electrons. The summed E-state index contributed by atoms with van der Waals surface area (Å²) in [7, 11) is 0. The first-order chi connectivity index (χ1) is 7.93. The minimum atomic E-state index is 0.885. The largest absolute Gasteiger partial charge is 0.237 e. The molecule has 0 aromatic heterocycles. The molecule has 0 aliphatic carbocycles. The summed E-state index contributed by atoms with van der Waals surface area (Å²) in [6.45, 7) is 4.17. The molecule has 1 nitrogen and oxygen atoms in total. The van der Waals surface area contributed by atoms with Crippen LogP contribution in [0.15, 0.2) is 30.3 Å². The maximum Gasteiger partial charge on any atom is 0.0384 e. The first kappa shape index (κ1) is 13.2. The molecule has 0 saturated carbocycles. The van der Waals surface area contributed by atoms with Gasteiger partial charge in [-0.3, -0.25) is 0 Å². The third kappa shape index (κ3) is 6.62. The Morgan fingerprint density at radius 3 is 2.31 bits per heavy atom. The average Bonchev–Trinajstić information content (AvgIpc) is 2.34. The highest BCUT2D eigenvalue weighted by Gasteiger charge is 1.93. The van der Waals surface area contributed by atoms with Crippen LogP contribution in [0.1, 0.15) is 51.0 Å². The van der Waals surface area contributed by atoms with E-state index in [0.717, 1.165) is 13.1 Å². The van der Waals surface area contributed by atoms with E-state index in [4.69, 9.17) is 0 Å². The van der Waals surface area contributed by atoms with Crippen molar-refractivity contribution >= 4 is 0 Å². The van der Waals surface area contributed by atoms with Crippen molar-refractivity contribution in [1.29, 1.82) is 0 Å². The first-order valence-corrected chi connectivity index (χ1v) is 6.60. The van der Waals surface area contributed by atoms with Crippen molar-refractivity contribution < 1.29 is 0 Å². The lowest BCUT2D eigenvalue weighted by molar-refractivity contribution is 0.566. The summed E-state index contributed by atoms with van der Waals surface area (Å²) in [6, 6.07) is 10.5. The zero-order valence-electron chi connectivity index (χ0n) is 10.5. The number of hydrogen-bond donors (Lipinski definition) is 0. The molecule has 0 atom stereocenters. The standard InChI is InChI=1S/C15H24N/c1-2-3-4-5-6-10-13-16-14-15-11-8-7-9-12-15/h7-9,11-12H,2-6,10,13-14H2,1H3. The van der Waals surface area contributed by atoms with Crippen LogP contribution >= 0.6 is 0 Å². The van der Waals surface area contributed by atoms with Gasteiger partial charge >= 0.3 is 0 Å². The van der Waals surface area contributed by atoms with Gasteiger partial charge in [0, 0.05) is 13.1 Å². The molecule has 1 aromatic carbocycles. The van der Waals surface area contributed by atoms with Gasteiger partial charge in [-0.25, -0.2) is 5.32 Å². The van der Waals surface area contributed by atoms with E-state index in [1.807, 2.05) is 0 Å².